The van der Waals surface area contributed by atoms with Crippen LogP contribution in [0.4, 0.5) is 4.79 Å². The van der Waals surface area contributed by atoms with Gasteiger partial charge in [-0.2, -0.15) is 0 Å². The van der Waals surface area contributed by atoms with Gasteiger partial charge in [-0.15, -0.1) is 0 Å². The van der Waals surface area contributed by atoms with Crippen LogP contribution in [-0.4, -0.2) is 60.2 Å². The second-order valence-electron chi connectivity index (χ2n) is 7.64. The lowest BCUT2D eigenvalue weighted by molar-refractivity contribution is 0.0274. The summed E-state index contributed by atoms with van der Waals surface area (Å²) in [5.41, 5.74) is 1.26. The molecule has 0 bridgehead atoms. The number of benzene rings is 1. The lowest BCUT2D eigenvalue weighted by Gasteiger charge is -2.33. The van der Waals surface area contributed by atoms with E-state index in [1.165, 1.54) is 0 Å². The molecule has 2 aliphatic rings. The van der Waals surface area contributed by atoms with Crippen LogP contribution in [0.2, 0.25) is 0 Å². The Morgan fingerprint density at radius 3 is 2.68 bits per heavy atom. The first kappa shape index (κ1) is 17.6. The van der Waals surface area contributed by atoms with Crippen LogP contribution in [0.25, 0.3) is 0 Å². The summed E-state index contributed by atoms with van der Waals surface area (Å²) in [5.74, 6) is 0.817. The molecule has 136 valence electrons. The van der Waals surface area contributed by atoms with Crippen molar-refractivity contribution >= 4 is 12.0 Å². The number of methoxy groups -OCH3 is 1. The molecule has 0 saturated carbocycles. The van der Waals surface area contributed by atoms with Gasteiger partial charge in [0.15, 0.2) is 0 Å². The maximum atomic E-state index is 12.9. The molecule has 1 saturated heterocycles. The van der Waals surface area contributed by atoms with Crippen molar-refractivity contribution in [2.45, 2.75) is 45.3 Å². The average molecular weight is 346 g/mol. The fourth-order valence-electron chi connectivity index (χ4n) is 3.45. The minimum Gasteiger partial charge on any atom is -0.497 e. The van der Waals surface area contributed by atoms with Crippen LogP contribution in [0.3, 0.4) is 0 Å². The van der Waals surface area contributed by atoms with Gasteiger partial charge in [0.2, 0.25) is 0 Å². The van der Waals surface area contributed by atoms with Gasteiger partial charge in [-0.1, -0.05) is 0 Å². The summed E-state index contributed by atoms with van der Waals surface area (Å²) in [5, 5.41) is 0. The van der Waals surface area contributed by atoms with Gasteiger partial charge in [0.05, 0.1) is 13.2 Å². The summed E-state index contributed by atoms with van der Waals surface area (Å²) in [6, 6.07) is 5.65. The quantitative estimate of drug-likeness (QED) is 0.826. The van der Waals surface area contributed by atoms with Gasteiger partial charge < -0.3 is 19.3 Å². The predicted molar refractivity (Wildman–Crippen MR) is 93.9 cm³/mol. The Bertz CT molecular complexity index is 680. The second kappa shape index (κ2) is 6.58. The molecule has 0 aromatic heterocycles. The summed E-state index contributed by atoms with van der Waals surface area (Å²) < 4.78 is 10.7. The molecule has 1 aromatic carbocycles. The zero-order chi connectivity index (χ0) is 18.2. The molecule has 6 heteroatoms. The number of fused-ring (bicyclic) bond motifs is 1. The van der Waals surface area contributed by atoms with Gasteiger partial charge in [-0.25, -0.2) is 4.79 Å². The molecule has 2 heterocycles. The van der Waals surface area contributed by atoms with Crippen molar-refractivity contribution in [2.24, 2.45) is 0 Å². The number of likely N-dealkylation sites (tertiary alicyclic amines) is 1. The van der Waals surface area contributed by atoms with Gasteiger partial charge in [-0.3, -0.25) is 4.79 Å². The Labute approximate surface area is 148 Å². The highest BCUT2D eigenvalue weighted by Crippen LogP contribution is 2.27. The van der Waals surface area contributed by atoms with E-state index >= 15 is 0 Å². The Morgan fingerprint density at radius 1 is 1.24 bits per heavy atom. The van der Waals surface area contributed by atoms with Crippen LogP contribution in [0, 0.1) is 0 Å². The minimum atomic E-state index is -0.506. The summed E-state index contributed by atoms with van der Waals surface area (Å²) in [6.07, 6.45) is 1.29. The van der Waals surface area contributed by atoms with Crippen LogP contribution >= 0.6 is 0 Å². The van der Waals surface area contributed by atoms with Gasteiger partial charge >= 0.3 is 6.09 Å². The van der Waals surface area contributed by atoms with Crippen molar-refractivity contribution in [3.63, 3.8) is 0 Å². The third-order valence-electron chi connectivity index (χ3n) is 4.68. The molecular weight excluding hydrogens is 320 g/mol. The highest BCUT2D eigenvalue weighted by Gasteiger charge is 2.37. The van der Waals surface area contributed by atoms with Crippen LogP contribution in [0.1, 0.15) is 43.1 Å². The SMILES string of the molecule is COc1ccc2c(c1)CCN([C@@H]1CCN(C(=O)OC(C)(C)C)C1)C2=O. The Balaban J connectivity index is 1.67. The monoisotopic (exact) mass is 346 g/mol. The van der Waals surface area contributed by atoms with Crippen molar-refractivity contribution in [3.8, 4) is 5.75 Å². The normalized spacial score (nSPS) is 20.5. The molecule has 25 heavy (non-hydrogen) atoms. The minimum absolute atomic E-state index is 0.0416. The Hall–Kier alpha value is -2.24. The zero-order valence-corrected chi connectivity index (χ0v) is 15.4. The summed E-state index contributed by atoms with van der Waals surface area (Å²) in [7, 11) is 1.63. The Kier molecular flexibility index (Phi) is 4.62. The van der Waals surface area contributed by atoms with Crippen molar-refractivity contribution in [1.82, 2.24) is 9.80 Å². The lowest BCUT2D eigenvalue weighted by Crippen LogP contribution is -2.46. The van der Waals surface area contributed by atoms with E-state index in [1.807, 2.05) is 43.9 Å². The fraction of sp³-hybridized carbons (Fsp3) is 0.579. The maximum absolute atomic E-state index is 12.9. The van der Waals surface area contributed by atoms with E-state index in [-0.39, 0.29) is 18.0 Å². The predicted octanol–water partition coefficient (Wildman–Crippen LogP) is 2.70. The molecule has 3 rings (SSSR count). The molecule has 0 radical (unpaired) electrons. The van der Waals surface area contributed by atoms with E-state index in [2.05, 4.69) is 0 Å². The summed E-state index contributed by atoms with van der Waals surface area (Å²) in [6.45, 7) is 7.41. The van der Waals surface area contributed by atoms with Gasteiger partial charge in [0.1, 0.15) is 11.4 Å². The molecular formula is C19H26N2O4. The molecule has 0 aliphatic carbocycles. The van der Waals surface area contributed by atoms with E-state index < -0.39 is 5.60 Å². The molecule has 2 aliphatic heterocycles. The number of hydrogen-bond acceptors (Lipinski definition) is 4. The largest absolute Gasteiger partial charge is 0.497 e. The Morgan fingerprint density at radius 2 is 2.00 bits per heavy atom. The van der Waals surface area contributed by atoms with E-state index in [4.69, 9.17) is 9.47 Å². The number of amides is 2. The molecule has 1 aromatic rings. The molecule has 1 atom stereocenters. The van der Waals surface area contributed by atoms with Crippen molar-refractivity contribution in [1.29, 1.82) is 0 Å². The molecule has 1 fully saturated rings. The summed E-state index contributed by atoms with van der Waals surface area (Å²) in [4.78, 5) is 28.7. The molecule has 2 amide bonds. The van der Waals surface area contributed by atoms with E-state index in [0.29, 0.717) is 19.6 Å². The number of hydrogen-bond donors (Lipinski definition) is 0. The van der Waals surface area contributed by atoms with Crippen LogP contribution in [-0.2, 0) is 11.2 Å². The van der Waals surface area contributed by atoms with Crippen LogP contribution in [0.15, 0.2) is 18.2 Å². The standard InChI is InChI=1S/C19H26N2O4/c1-19(2,3)25-18(23)20-9-8-14(12-20)21-10-7-13-11-15(24-4)5-6-16(13)17(21)22/h5-6,11,14H,7-10,12H2,1-4H3/t14-/m1/s1. The van der Waals surface area contributed by atoms with Gasteiger partial charge in [0, 0.05) is 25.2 Å². The van der Waals surface area contributed by atoms with Crippen molar-refractivity contribution in [2.75, 3.05) is 26.7 Å². The smallest absolute Gasteiger partial charge is 0.410 e. The first-order valence-corrected chi connectivity index (χ1v) is 8.74. The number of rotatable bonds is 2. The first-order valence-electron chi connectivity index (χ1n) is 8.74. The third-order valence-corrected chi connectivity index (χ3v) is 4.68. The van der Waals surface area contributed by atoms with Crippen molar-refractivity contribution in [3.05, 3.63) is 29.3 Å². The van der Waals surface area contributed by atoms with Gasteiger partial charge in [0.25, 0.3) is 5.91 Å². The van der Waals surface area contributed by atoms with E-state index in [1.54, 1.807) is 12.0 Å². The highest BCUT2D eigenvalue weighted by atomic mass is 16.6. The number of carbonyl (C=O) groups excluding carboxylic acids is 2. The number of ether oxygens (including phenoxy) is 2. The third kappa shape index (κ3) is 3.72. The molecule has 0 unspecified atom stereocenters. The number of nitrogens with zero attached hydrogens (tertiary/aromatic N) is 2. The molecule has 0 N–H and O–H groups in total. The van der Waals surface area contributed by atoms with Crippen LogP contribution < -0.4 is 4.74 Å². The second-order valence-corrected chi connectivity index (χ2v) is 7.64. The number of carbonyl (C=O) groups is 2. The maximum Gasteiger partial charge on any atom is 0.410 e. The van der Waals surface area contributed by atoms with E-state index in [0.717, 1.165) is 29.7 Å². The zero-order valence-electron chi connectivity index (χ0n) is 15.4. The topological polar surface area (TPSA) is 59.1 Å². The molecule has 0 spiro atoms. The fourth-order valence-corrected chi connectivity index (χ4v) is 3.45. The highest BCUT2D eigenvalue weighted by molar-refractivity contribution is 5.97. The first-order chi connectivity index (χ1) is 11.8. The molecule has 6 nitrogen and oxygen atoms in total. The van der Waals surface area contributed by atoms with E-state index in [9.17, 15) is 9.59 Å². The average Bonchev–Trinajstić information content (AvgIpc) is 3.03. The van der Waals surface area contributed by atoms with Crippen molar-refractivity contribution < 1.29 is 19.1 Å². The van der Waals surface area contributed by atoms with Crippen LogP contribution in [0.5, 0.6) is 5.75 Å². The summed E-state index contributed by atoms with van der Waals surface area (Å²) >= 11 is 0. The van der Waals surface area contributed by atoms with Gasteiger partial charge in [-0.05, 0) is 57.4 Å². The lowest BCUT2D eigenvalue weighted by atomic mass is 9.97.